The summed E-state index contributed by atoms with van der Waals surface area (Å²) in [6.45, 7) is 1.89. The molecule has 0 aliphatic heterocycles. The number of benzene rings is 1. The number of carbonyl (C=O) groups is 1. The molecule has 1 amide bonds. The monoisotopic (exact) mass is 298 g/mol. The standard InChI is InChI=1S/C18H22N2O2/c1-12-16(18(21)20-14-6-4-3-5-7-14)11-13-10-15(22-2)8-9-17(13)19-12/h8-11,14H,3-7H2,1-2H3,(H,20,21). The number of carbonyl (C=O) groups excluding carboxylic acids is 1. The van der Waals surface area contributed by atoms with Crippen LogP contribution in [-0.4, -0.2) is 24.0 Å². The first kappa shape index (κ1) is 14.8. The fourth-order valence-corrected chi connectivity index (χ4v) is 3.12. The summed E-state index contributed by atoms with van der Waals surface area (Å²) >= 11 is 0. The van der Waals surface area contributed by atoms with Crippen LogP contribution in [0.5, 0.6) is 5.75 Å². The normalized spacial score (nSPS) is 15.7. The zero-order chi connectivity index (χ0) is 15.5. The highest BCUT2D eigenvalue weighted by Gasteiger charge is 2.18. The van der Waals surface area contributed by atoms with Crippen LogP contribution >= 0.6 is 0 Å². The van der Waals surface area contributed by atoms with Crippen LogP contribution in [0.1, 0.15) is 48.2 Å². The number of methoxy groups -OCH3 is 1. The molecule has 0 radical (unpaired) electrons. The second kappa shape index (κ2) is 6.34. The minimum absolute atomic E-state index is 0.0124. The lowest BCUT2D eigenvalue weighted by atomic mass is 9.95. The Labute approximate surface area is 130 Å². The fourth-order valence-electron chi connectivity index (χ4n) is 3.12. The molecule has 1 heterocycles. The molecule has 0 spiro atoms. The summed E-state index contributed by atoms with van der Waals surface area (Å²) in [4.78, 5) is 17.1. The van der Waals surface area contributed by atoms with Gasteiger partial charge in [-0.3, -0.25) is 9.78 Å². The molecule has 2 aromatic rings. The smallest absolute Gasteiger partial charge is 0.253 e. The maximum atomic E-state index is 12.5. The summed E-state index contributed by atoms with van der Waals surface area (Å²) in [6.07, 6.45) is 5.86. The van der Waals surface area contributed by atoms with Crippen LogP contribution in [-0.2, 0) is 0 Å². The quantitative estimate of drug-likeness (QED) is 0.941. The maximum absolute atomic E-state index is 12.5. The van der Waals surface area contributed by atoms with E-state index in [1.807, 2.05) is 31.2 Å². The third-order valence-corrected chi connectivity index (χ3v) is 4.40. The summed E-state index contributed by atoms with van der Waals surface area (Å²) < 4.78 is 5.25. The Morgan fingerprint density at radius 2 is 2.00 bits per heavy atom. The van der Waals surface area contributed by atoms with Crippen molar-refractivity contribution < 1.29 is 9.53 Å². The van der Waals surface area contributed by atoms with Gasteiger partial charge in [-0.25, -0.2) is 0 Å². The third kappa shape index (κ3) is 3.06. The van der Waals surface area contributed by atoms with Gasteiger partial charge in [-0.1, -0.05) is 19.3 Å². The molecule has 4 nitrogen and oxygen atoms in total. The number of fused-ring (bicyclic) bond motifs is 1. The van der Waals surface area contributed by atoms with Gasteiger partial charge in [0.1, 0.15) is 5.75 Å². The van der Waals surface area contributed by atoms with Crippen molar-refractivity contribution in [2.75, 3.05) is 7.11 Å². The van der Waals surface area contributed by atoms with Crippen molar-refractivity contribution in [3.63, 3.8) is 0 Å². The van der Waals surface area contributed by atoms with Crippen molar-refractivity contribution in [2.24, 2.45) is 0 Å². The zero-order valence-electron chi connectivity index (χ0n) is 13.2. The summed E-state index contributed by atoms with van der Waals surface area (Å²) in [7, 11) is 1.64. The lowest BCUT2D eigenvalue weighted by Gasteiger charge is -2.23. The van der Waals surface area contributed by atoms with Gasteiger partial charge in [-0.15, -0.1) is 0 Å². The Morgan fingerprint density at radius 1 is 1.23 bits per heavy atom. The molecule has 1 fully saturated rings. The van der Waals surface area contributed by atoms with E-state index in [0.29, 0.717) is 11.6 Å². The molecule has 3 rings (SSSR count). The van der Waals surface area contributed by atoms with E-state index in [0.717, 1.165) is 35.2 Å². The molecule has 116 valence electrons. The van der Waals surface area contributed by atoms with Crippen molar-refractivity contribution in [3.8, 4) is 5.75 Å². The number of hydrogen-bond acceptors (Lipinski definition) is 3. The van der Waals surface area contributed by atoms with Crippen molar-refractivity contribution >= 4 is 16.8 Å². The van der Waals surface area contributed by atoms with Crippen molar-refractivity contribution in [1.29, 1.82) is 0 Å². The van der Waals surface area contributed by atoms with E-state index in [9.17, 15) is 4.79 Å². The van der Waals surface area contributed by atoms with Crippen LogP contribution in [0.4, 0.5) is 0 Å². The van der Waals surface area contributed by atoms with Gasteiger partial charge in [0, 0.05) is 11.4 Å². The average Bonchev–Trinajstić information content (AvgIpc) is 2.54. The second-order valence-corrected chi connectivity index (χ2v) is 5.99. The molecule has 1 N–H and O–H groups in total. The Hall–Kier alpha value is -2.10. The van der Waals surface area contributed by atoms with Gasteiger partial charge >= 0.3 is 0 Å². The maximum Gasteiger partial charge on any atom is 0.253 e. The number of aromatic nitrogens is 1. The average molecular weight is 298 g/mol. The van der Waals surface area contributed by atoms with Crippen molar-refractivity contribution in [2.45, 2.75) is 45.1 Å². The molecular formula is C18H22N2O2. The first-order chi connectivity index (χ1) is 10.7. The van der Waals surface area contributed by atoms with Crippen LogP contribution in [0.2, 0.25) is 0 Å². The topological polar surface area (TPSA) is 51.2 Å². The number of hydrogen-bond donors (Lipinski definition) is 1. The Kier molecular flexibility index (Phi) is 4.27. The van der Waals surface area contributed by atoms with E-state index in [4.69, 9.17) is 4.74 Å². The van der Waals surface area contributed by atoms with E-state index >= 15 is 0 Å². The molecule has 22 heavy (non-hydrogen) atoms. The number of amides is 1. The van der Waals surface area contributed by atoms with E-state index in [-0.39, 0.29) is 5.91 Å². The number of ether oxygens (including phenoxy) is 1. The molecule has 0 saturated heterocycles. The first-order valence-electron chi connectivity index (χ1n) is 7.93. The van der Waals surface area contributed by atoms with Gasteiger partial charge in [-0.2, -0.15) is 0 Å². The van der Waals surface area contributed by atoms with E-state index in [1.165, 1.54) is 19.3 Å². The summed E-state index contributed by atoms with van der Waals surface area (Å²) in [5.74, 6) is 0.762. The number of nitrogens with one attached hydrogen (secondary N) is 1. The minimum Gasteiger partial charge on any atom is -0.497 e. The third-order valence-electron chi connectivity index (χ3n) is 4.40. The Balaban J connectivity index is 1.88. The number of rotatable bonds is 3. The molecular weight excluding hydrogens is 276 g/mol. The number of aryl methyl sites for hydroxylation is 1. The zero-order valence-corrected chi connectivity index (χ0v) is 13.2. The second-order valence-electron chi connectivity index (χ2n) is 5.99. The highest BCUT2D eigenvalue weighted by molar-refractivity contribution is 5.99. The predicted molar refractivity (Wildman–Crippen MR) is 87.4 cm³/mol. The number of pyridine rings is 1. The minimum atomic E-state index is -0.0124. The van der Waals surface area contributed by atoms with Gasteiger partial charge in [-0.05, 0) is 44.0 Å². The van der Waals surface area contributed by atoms with Crippen LogP contribution in [0.15, 0.2) is 24.3 Å². The lowest BCUT2D eigenvalue weighted by Crippen LogP contribution is -2.36. The molecule has 1 aliphatic rings. The van der Waals surface area contributed by atoms with Crippen molar-refractivity contribution in [3.05, 3.63) is 35.5 Å². The molecule has 4 heteroatoms. The molecule has 1 aromatic carbocycles. The molecule has 0 bridgehead atoms. The molecule has 1 saturated carbocycles. The summed E-state index contributed by atoms with van der Waals surface area (Å²) in [6, 6.07) is 7.94. The van der Waals surface area contributed by atoms with Gasteiger partial charge in [0.25, 0.3) is 5.91 Å². The largest absolute Gasteiger partial charge is 0.497 e. The molecule has 0 atom stereocenters. The first-order valence-corrected chi connectivity index (χ1v) is 7.93. The van der Waals surface area contributed by atoms with Crippen LogP contribution < -0.4 is 10.1 Å². The lowest BCUT2D eigenvalue weighted by molar-refractivity contribution is 0.0927. The highest BCUT2D eigenvalue weighted by Crippen LogP contribution is 2.23. The fraction of sp³-hybridized carbons (Fsp3) is 0.444. The van der Waals surface area contributed by atoms with E-state index < -0.39 is 0 Å². The summed E-state index contributed by atoms with van der Waals surface area (Å²) in [5.41, 5.74) is 2.31. The number of nitrogens with zero attached hydrogens (tertiary/aromatic N) is 1. The van der Waals surface area contributed by atoms with Gasteiger partial charge in [0.15, 0.2) is 0 Å². The van der Waals surface area contributed by atoms with E-state index in [1.54, 1.807) is 7.11 Å². The van der Waals surface area contributed by atoms with Crippen LogP contribution in [0, 0.1) is 6.92 Å². The van der Waals surface area contributed by atoms with Crippen LogP contribution in [0.25, 0.3) is 10.9 Å². The molecule has 0 unspecified atom stereocenters. The van der Waals surface area contributed by atoms with Gasteiger partial charge in [0.2, 0.25) is 0 Å². The summed E-state index contributed by atoms with van der Waals surface area (Å²) in [5, 5.41) is 4.09. The Bertz CT molecular complexity index is 691. The van der Waals surface area contributed by atoms with Gasteiger partial charge in [0.05, 0.1) is 23.9 Å². The van der Waals surface area contributed by atoms with Crippen LogP contribution in [0.3, 0.4) is 0 Å². The SMILES string of the molecule is COc1ccc2nc(C)c(C(=O)NC3CCCCC3)cc2c1. The van der Waals surface area contributed by atoms with E-state index in [2.05, 4.69) is 10.3 Å². The van der Waals surface area contributed by atoms with Crippen molar-refractivity contribution in [1.82, 2.24) is 10.3 Å². The highest BCUT2D eigenvalue weighted by atomic mass is 16.5. The molecule has 1 aliphatic carbocycles. The van der Waals surface area contributed by atoms with Gasteiger partial charge < -0.3 is 10.1 Å². The molecule has 1 aromatic heterocycles. The predicted octanol–water partition coefficient (Wildman–Crippen LogP) is 3.61. The Morgan fingerprint density at radius 3 is 2.73 bits per heavy atom.